The minimum Gasteiger partial charge on any atom is -0.540 e. The van der Waals surface area contributed by atoms with Crippen LogP contribution in [0.25, 0.3) is 51.2 Å². The zero-order valence-electron chi connectivity index (χ0n) is 40.4. The van der Waals surface area contributed by atoms with E-state index in [0.29, 0.717) is 0 Å². The van der Waals surface area contributed by atoms with Gasteiger partial charge in [0.2, 0.25) is 0 Å². The molecule has 9 aromatic rings. The van der Waals surface area contributed by atoms with Crippen LogP contribution in [0.15, 0.2) is 128 Å². The summed E-state index contributed by atoms with van der Waals surface area (Å²) < 4.78 is 22.0. The van der Waals surface area contributed by atoms with Crippen molar-refractivity contribution in [2.24, 2.45) is 0 Å². The molecule has 0 saturated carbocycles. The third kappa shape index (κ3) is 11.2. The molecule has 0 amide bonds. The Morgan fingerprint density at radius 2 is 0.612 bits per heavy atom. The van der Waals surface area contributed by atoms with Gasteiger partial charge >= 0.3 is 20.1 Å². The second-order valence-electron chi connectivity index (χ2n) is 16.5. The van der Waals surface area contributed by atoms with E-state index in [0.717, 1.165) is 51.4 Å². The van der Waals surface area contributed by atoms with E-state index in [1.54, 1.807) is 21.3 Å². The first kappa shape index (κ1) is 49.4. The van der Waals surface area contributed by atoms with Gasteiger partial charge in [-0.05, 0) is 95.7 Å². The molecule has 342 valence electrons. The summed E-state index contributed by atoms with van der Waals surface area (Å²) in [6, 6.07) is 40.2. The number of hydrogen-bond donors (Lipinski definition) is 0. The summed E-state index contributed by atoms with van der Waals surface area (Å²) in [5, 5.41) is 0. The smallest absolute Gasteiger partial charge is 0.540 e. The van der Waals surface area contributed by atoms with E-state index >= 15 is 0 Å². The van der Waals surface area contributed by atoms with Gasteiger partial charge in [-0.25, -0.2) is 0 Å². The first-order valence-corrected chi connectivity index (χ1v) is 21.8. The quantitative estimate of drug-likeness (QED) is 0.134. The van der Waals surface area contributed by atoms with Crippen LogP contribution in [0.3, 0.4) is 0 Å². The number of methoxy groups -OCH3 is 3. The average Bonchev–Trinajstić information content (AvgIpc) is 4.09. The van der Waals surface area contributed by atoms with E-state index in [-0.39, 0.29) is 20.1 Å². The van der Waals surface area contributed by atoms with Crippen molar-refractivity contribution in [3.8, 4) is 68.5 Å². The molecule has 9 rings (SSSR count). The van der Waals surface area contributed by atoms with E-state index < -0.39 is 0 Å². The van der Waals surface area contributed by atoms with E-state index in [4.69, 9.17) is 14.2 Å². The molecule has 0 spiro atoms. The standard InChI is InChI=1S/3C19H19N2O.Ir/c3*1-13-11-14(2)18(15(3)12-13)21-10-9-20-19(21)16-5-7-17(22-4)8-6-16;/h3*5,7-12H,1-4H3;/q3*-1;+3. The Hall–Kier alpha value is -7.00. The largest absolute Gasteiger partial charge is 3.00 e. The van der Waals surface area contributed by atoms with E-state index in [1.165, 1.54) is 67.1 Å². The van der Waals surface area contributed by atoms with Crippen LogP contribution in [0, 0.1) is 80.5 Å². The fourth-order valence-corrected chi connectivity index (χ4v) is 8.74. The van der Waals surface area contributed by atoms with Crippen molar-refractivity contribution in [2.45, 2.75) is 62.3 Å². The van der Waals surface area contributed by atoms with Gasteiger partial charge in [-0.15, -0.1) is 89.5 Å². The Labute approximate surface area is 409 Å². The summed E-state index contributed by atoms with van der Waals surface area (Å²) in [6.07, 6.45) is 11.5. The van der Waals surface area contributed by atoms with Gasteiger partial charge in [-0.3, -0.25) is 15.0 Å². The fraction of sp³-hybridized carbons (Fsp3) is 0.211. The van der Waals surface area contributed by atoms with Gasteiger partial charge in [0.05, 0.1) is 38.8 Å². The van der Waals surface area contributed by atoms with Crippen molar-refractivity contribution in [3.05, 3.63) is 196 Å². The molecule has 0 saturated heterocycles. The van der Waals surface area contributed by atoms with Crippen molar-refractivity contribution >= 4 is 0 Å². The van der Waals surface area contributed by atoms with Gasteiger partial charge in [-0.2, -0.15) is 0 Å². The average molecular weight is 1070 g/mol. The van der Waals surface area contributed by atoms with Crippen LogP contribution in [-0.4, -0.2) is 50.0 Å². The fourth-order valence-electron chi connectivity index (χ4n) is 8.74. The molecule has 0 unspecified atom stereocenters. The zero-order chi connectivity index (χ0) is 47.1. The predicted molar refractivity (Wildman–Crippen MR) is 266 cm³/mol. The maximum Gasteiger partial charge on any atom is 3.00 e. The monoisotopic (exact) mass is 1070 g/mol. The minimum atomic E-state index is 0. The third-order valence-corrected chi connectivity index (χ3v) is 11.3. The molecule has 6 aromatic carbocycles. The second kappa shape index (κ2) is 22.0. The Kier molecular flexibility index (Phi) is 16.2. The Morgan fingerprint density at radius 3 is 0.806 bits per heavy atom. The molecule has 10 heteroatoms. The summed E-state index contributed by atoms with van der Waals surface area (Å²) in [5.41, 5.74) is 17.7. The molecule has 9 nitrogen and oxygen atoms in total. The number of aromatic nitrogens is 6. The van der Waals surface area contributed by atoms with Crippen molar-refractivity contribution in [2.75, 3.05) is 21.3 Å². The normalized spacial score (nSPS) is 10.6. The van der Waals surface area contributed by atoms with Gasteiger partial charge in [-0.1, -0.05) is 53.1 Å². The number of hydrogen-bond acceptors (Lipinski definition) is 6. The van der Waals surface area contributed by atoms with Crippen LogP contribution in [-0.2, 0) is 20.1 Å². The first-order chi connectivity index (χ1) is 31.8. The summed E-state index contributed by atoms with van der Waals surface area (Å²) >= 11 is 0. The van der Waals surface area contributed by atoms with Gasteiger partial charge in [0, 0.05) is 71.5 Å². The molecular formula is C57H57IrN6O3. The van der Waals surface area contributed by atoms with Gasteiger partial charge in [0.25, 0.3) is 0 Å². The molecule has 3 heterocycles. The Morgan fingerprint density at radius 1 is 0.373 bits per heavy atom. The van der Waals surface area contributed by atoms with Gasteiger partial charge in [0.15, 0.2) is 0 Å². The van der Waals surface area contributed by atoms with E-state index in [2.05, 4.69) is 146 Å². The van der Waals surface area contributed by atoms with Crippen molar-refractivity contribution in [3.63, 3.8) is 0 Å². The van der Waals surface area contributed by atoms with Crippen LogP contribution in [0.5, 0.6) is 17.2 Å². The molecule has 3 aromatic heterocycles. The van der Waals surface area contributed by atoms with Crippen molar-refractivity contribution in [1.82, 2.24) is 28.7 Å². The molecule has 0 aliphatic heterocycles. The van der Waals surface area contributed by atoms with Crippen molar-refractivity contribution in [1.29, 1.82) is 0 Å². The SMILES string of the molecule is COc1c[c-]c(-c2nccn2-c2c(C)cc(C)cc2C)cc1.COc1c[c-]c(-c2nccn2-c2c(C)cc(C)cc2C)cc1.COc1c[c-]c(-c2nccn2-c2c(C)cc(C)cc2C)cc1.[Ir+3]. The molecule has 0 fully saturated rings. The topological polar surface area (TPSA) is 81.2 Å². The summed E-state index contributed by atoms with van der Waals surface area (Å²) in [6.45, 7) is 19.2. The number of nitrogens with zero attached hydrogens (tertiary/aromatic N) is 6. The number of benzene rings is 6. The molecular weight excluding hydrogens is 1010 g/mol. The molecule has 0 atom stereocenters. The van der Waals surface area contributed by atoms with Crippen LogP contribution in [0.4, 0.5) is 0 Å². The third-order valence-electron chi connectivity index (χ3n) is 11.3. The number of aryl methyl sites for hydroxylation is 9. The minimum absolute atomic E-state index is 0. The molecule has 0 aliphatic carbocycles. The Bertz CT molecular complexity index is 2670. The van der Waals surface area contributed by atoms with E-state index in [1.807, 2.05) is 91.8 Å². The number of ether oxygens (including phenoxy) is 3. The second-order valence-corrected chi connectivity index (χ2v) is 16.5. The van der Waals surface area contributed by atoms with Crippen LogP contribution in [0.2, 0.25) is 0 Å². The summed E-state index contributed by atoms with van der Waals surface area (Å²) in [5.74, 6) is 5.05. The number of imidazole rings is 3. The molecule has 0 aliphatic rings. The summed E-state index contributed by atoms with van der Waals surface area (Å²) in [7, 11) is 4.97. The zero-order valence-corrected chi connectivity index (χ0v) is 42.8. The summed E-state index contributed by atoms with van der Waals surface area (Å²) in [4.78, 5) is 13.5. The number of rotatable bonds is 9. The maximum atomic E-state index is 5.19. The molecule has 0 bridgehead atoms. The molecule has 67 heavy (non-hydrogen) atoms. The van der Waals surface area contributed by atoms with Crippen LogP contribution >= 0.6 is 0 Å². The first-order valence-electron chi connectivity index (χ1n) is 21.8. The molecule has 0 radical (unpaired) electrons. The van der Waals surface area contributed by atoms with Gasteiger partial charge < -0.3 is 27.9 Å². The molecule has 0 N–H and O–H groups in total. The van der Waals surface area contributed by atoms with Gasteiger partial charge in [0.1, 0.15) is 0 Å². The predicted octanol–water partition coefficient (Wildman–Crippen LogP) is 12.8. The Balaban J connectivity index is 0.000000165. The maximum absolute atomic E-state index is 5.19. The van der Waals surface area contributed by atoms with Crippen molar-refractivity contribution < 1.29 is 34.3 Å². The van der Waals surface area contributed by atoms with Crippen LogP contribution in [0.1, 0.15) is 50.1 Å². The van der Waals surface area contributed by atoms with E-state index in [9.17, 15) is 0 Å². The van der Waals surface area contributed by atoms with Crippen LogP contribution < -0.4 is 14.2 Å².